The first-order chi connectivity index (χ1) is 8.65. The van der Waals surface area contributed by atoms with Crippen LogP contribution in [-0.2, 0) is 4.74 Å². The normalized spacial score (nSPS) is 18.1. The molecular formula is C13H19NO4. The number of methoxy groups -OCH3 is 1. The van der Waals surface area contributed by atoms with Gasteiger partial charge in [0.1, 0.15) is 11.3 Å². The number of aromatic nitrogens is 1. The molecule has 0 amide bonds. The summed E-state index contributed by atoms with van der Waals surface area (Å²) in [5.41, 5.74) is 0.762. The van der Waals surface area contributed by atoms with Gasteiger partial charge in [0.15, 0.2) is 5.76 Å². The summed E-state index contributed by atoms with van der Waals surface area (Å²) in [6.45, 7) is 2.34. The monoisotopic (exact) mass is 253 g/mol. The van der Waals surface area contributed by atoms with Crippen molar-refractivity contribution in [3.63, 3.8) is 0 Å². The van der Waals surface area contributed by atoms with Crippen molar-refractivity contribution >= 4 is 5.97 Å². The molecule has 1 unspecified atom stereocenters. The van der Waals surface area contributed by atoms with Gasteiger partial charge in [-0.15, -0.1) is 0 Å². The average Bonchev–Trinajstić information content (AvgIpc) is 2.97. The van der Waals surface area contributed by atoms with Gasteiger partial charge in [-0.3, -0.25) is 0 Å². The molecule has 1 aliphatic carbocycles. The van der Waals surface area contributed by atoms with E-state index in [1.165, 1.54) is 0 Å². The zero-order chi connectivity index (χ0) is 13.1. The quantitative estimate of drug-likeness (QED) is 0.873. The number of carbonyl (C=O) groups is 1. The molecule has 1 atom stereocenters. The van der Waals surface area contributed by atoms with Crippen molar-refractivity contribution < 1.29 is 19.2 Å². The lowest BCUT2D eigenvalue weighted by Crippen LogP contribution is -2.10. The highest BCUT2D eigenvalue weighted by atomic mass is 16.5. The molecule has 1 N–H and O–H groups in total. The number of ether oxygens (including phenoxy) is 1. The summed E-state index contributed by atoms with van der Waals surface area (Å²) in [4.78, 5) is 11.4. The molecule has 1 fully saturated rings. The number of aromatic carboxylic acids is 1. The van der Waals surface area contributed by atoms with Crippen molar-refractivity contribution in [2.24, 2.45) is 0 Å². The van der Waals surface area contributed by atoms with Gasteiger partial charge in [0, 0.05) is 18.9 Å². The van der Waals surface area contributed by atoms with Gasteiger partial charge in [-0.1, -0.05) is 24.9 Å². The number of hydrogen-bond donors (Lipinski definition) is 1. The lowest BCUT2D eigenvalue weighted by Gasteiger charge is -2.09. The van der Waals surface area contributed by atoms with E-state index < -0.39 is 5.97 Å². The SMILES string of the molecule is COCC(C)c1noc(C2CCCC2)c1C(=O)O. The summed E-state index contributed by atoms with van der Waals surface area (Å²) < 4.78 is 10.4. The summed E-state index contributed by atoms with van der Waals surface area (Å²) in [5, 5.41) is 13.3. The lowest BCUT2D eigenvalue weighted by atomic mass is 9.96. The van der Waals surface area contributed by atoms with Gasteiger partial charge in [0.25, 0.3) is 0 Å². The van der Waals surface area contributed by atoms with Crippen LogP contribution in [0.25, 0.3) is 0 Å². The largest absolute Gasteiger partial charge is 0.477 e. The van der Waals surface area contributed by atoms with E-state index in [2.05, 4.69) is 5.16 Å². The van der Waals surface area contributed by atoms with Crippen LogP contribution in [0.3, 0.4) is 0 Å². The summed E-state index contributed by atoms with van der Waals surface area (Å²) in [6, 6.07) is 0. The maximum Gasteiger partial charge on any atom is 0.341 e. The summed E-state index contributed by atoms with van der Waals surface area (Å²) in [6.07, 6.45) is 4.25. The molecule has 5 nitrogen and oxygen atoms in total. The van der Waals surface area contributed by atoms with E-state index in [0.717, 1.165) is 25.7 Å². The van der Waals surface area contributed by atoms with Crippen LogP contribution in [-0.4, -0.2) is 29.9 Å². The Morgan fingerprint density at radius 3 is 2.78 bits per heavy atom. The van der Waals surface area contributed by atoms with Crippen LogP contribution in [0.2, 0.25) is 0 Å². The van der Waals surface area contributed by atoms with Gasteiger partial charge in [-0.05, 0) is 12.8 Å². The van der Waals surface area contributed by atoms with E-state index in [0.29, 0.717) is 18.1 Å². The van der Waals surface area contributed by atoms with Crippen LogP contribution < -0.4 is 0 Å². The first kappa shape index (κ1) is 13.1. The van der Waals surface area contributed by atoms with Gasteiger partial charge in [-0.2, -0.15) is 0 Å². The van der Waals surface area contributed by atoms with E-state index in [9.17, 15) is 9.90 Å². The molecule has 2 rings (SSSR count). The number of carboxylic acids is 1. The van der Waals surface area contributed by atoms with Crippen molar-refractivity contribution in [3.05, 3.63) is 17.0 Å². The zero-order valence-corrected chi connectivity index (χ0v) is 10.8. The Morgan fingerprint density at radius 2 is 2.22 bits per heavy atom. The highest BCUT2D eigenvalue weighted by molar-refractivity contribution is 5.90. The Balaban J connectivity index is 2.33. The molecule has 1 heterocycles. The van der Waals surface area contributed by atoms with E-state index in [1.54, 1.807) is 7.11 Å². The number of hydrogen-bond acceptors (Lipinski definition) is 4. The Kier molecular flexibility index (Phi) is 4.01. The third kappa shape index (κ3) is 2.41. The van der Waals surface area contributed by atoms with E-state index in [1.807, 2.05) is 6.92 Å². The van der Waals surface area contributed by atoms with Crippen molar-refractivity contribution in [3.8, 4) is 0 Å². The lowest BCUT2D eigenvalue weighted by molar-refractivity contribution is 0.0691. The molecular weight excluding hydrogens is 234 g/mol. The second-order valence-corrected chi connectivity index (χ2v) is 4.95. The Morgan fingerprint density at radius 1 is 1.56 bits per heavy atom. The number of rotatable bonds is 5. The molecule has 0 aliphatic heterocycles. The highest BCUT2D eigenvalue weighted by Crippen LogP contribution is 2.38. The second-order valence-electron chi connectivity index (χ2n) is 4.95. The standard InChI is InChI=1S/C13H19NO4/c1-8(7-17-2)11-10(13(15)16)12(18-14-11)9-5-3-4-6-9/h8-9H,3-7H2,1-2H3,(H,15,16). The Hall–Kier alpha value is -1.36. The smallest absolute Gasteiger partial charge is 0.341 e. The summed E-state index contributed by atoms with van der Waals surface area (Å²) in [5.74, 6) is -0.249. The van der Waals surface area contributed by atoms with Gasteiger partial charge in [-0.25, -0.2) is 4.79 Å². The maximum atomic E-state index is 11.4. The van der Waals surface area contributed by atoms with Crippen molar-refractivity contribution in [1.29, 1.82) is 0 Å². The van der Waals surface area contributed by atoms with Gasteiger partial charge in [0.05, 0.1) is 6.61 Å². The molecule has 1 aromatic rings. The molecule has 1 aromatic heterocycles. The third-order valence-electron chi connectivity index (χ3n) is 3.57. The molecule has 0 spiro atoms. The fraction of sp³-hybridized carbons (Fsp3) is 0.692. The molecule has 100 valence electrons. The van der Waals surface area contributed by atoms with Gasteiger partial charge < -0.3 is 14.4 Å². The topological polar surface area (TPSA) is 72.6 Å². The van der Waals surface area contributed by atoms with Gasteiger partial charge in [0.2, 0.25) is 0 Å². The van der Waals surface area contributed by atoms with Crippen molar-refractivity contribution in [2.75, 3.05) is 13.7 Å². The third-order valence-corrected chi connectivity index (χ3v) is 3.57. The maximum absolute atomic E-state index is 11.4. The number of carboxylic acid groups (broad SMARTS) is 1. The van der Waals surface area contributed by atoms with E-state index in [-0.39, 0.29) is 17.4 Å². The zero-order valence-electron chi connectivity index (χ0n) is 10.8. The Labute approximate surface area is 106 Å². The average molecular weight is 253 g/mol. The van der Waals surface area contributed by atoms with Gasteiger partial charge >= 0.3 is 5.97 Å². The fourth-order valence-electron chi connectivity index (χ4n) is 2.66. The highest BCUT2D eigenvalue weighted by Gasteiger charge is 2.31. The summed E-state index contributed by atoms with van der Waals surface area (Å²) >= 11 is 0. The molecule has 0 saturated heterocycles. The first-order valence-corrected chi connectivity index (χ1v) is 6.36. The minimum atomic E-state index is -0.948. The molecule has 0 radical (unpaired) electrons. The molecule has 1 saturated carbocycles. The van der Waals surface area contributed by atoms with Crippen molar-refractivity contribution in [2.45, 2.75) is 44.4 Å². The van der Waals surface area contributed by atoms with Crippen LogP contribution in [0.1, 0.15) is 66.3 Å². The van der Waals surface area contributed by atoms with Crippen LogP contribution in [0.15, 0.2) is 4.52 Å². The van der Waals surface area contributed by atoms with Crippen LogP contribution >= 0.6 is 0 Å². The van der Waals surface area contributed by atoms with E-state index >= 15 is 0 Å². The molecule has 1 aliphatic rings. The molecule has 0 bridgehead atoms. The first-order valence-electron chi connectivity index (χ1n) is 6.36. The molecule has 5 heteroatoms. The minimum absolute atomic E-state index is 0.0694. The van der Waals surface area contributed by atoms with Crippen LogP contribution in [0.5, 0.6) is 0 Å². The van der Waals surface area contributed by atoms with Crippen LogP contribution in [0, 0.1) is 0 Å². The predicted molar refractivity (Wildman–Crippen MR) is 65.0 cm³/mol. The fourth-order valence-corrected chi connectivity index (χ4v) is 2.66. The van der Waals surface area contributed by atoms with E-state index in [4.69, 9.17) is 9.26 Å². The number of nitrogens with zero attached hydrogens (tertiary/aromatic N) is 1. The Bertz CT molecular complexity index is 421. The summed E-state index contributed by atoms with van der Waals surface area (Å²) in [7, 11) is 1.59. The molecule has 18 heavy (non-hydrogen) atoms. The second kappa shape index (κ2) is 5.52. The molecule has 0 aromatic carbocycles. The predicted octanol–water partition coefficient (Wildman–Crippen LogP) is 2.78. The van der Waals surface area contributed by atoms with Crippen LogP contribution in [0.4, 0.5) is 0 Å². The van der Waals surface area contributed by atoms with Crippen molar-refractivity contribution in [1.82, 2.24) is 5.16 Å². The minimum Gasteiger partial charge on any atom is -0.477 e.